The lowest BCUT2D eigenvalue weighted by atomic mass is 9.86. The molecule has 104 valence electrons. The van der Waals surface area contributed by atoms with Crippen molar-refractivity contribution in [1.82, 2.24) is 0 Å². The van der Waals surface area contributed by atoms with Crippen LogP contribution in [0.25, 0.3) is 0 Å². The molecule has 3 unspecified atom stereocenters. The molecular formula is C13H22O5. The molecule has 1 aliphatic rings. The standard InChI is InChI=1S/C13H22O5/c1-6-9(2)11(15)18-12(3)7-10(14)17-13(12,4)8-16-5/h9H,6-8H2,1-5H3. The van der Waals surface area contributed by atoms with E-state index in [1.165, 1.54) is 7.11 Å². The van der Waals surface area contributed by atoms with Crippen molar-refractivity contribution in [3.8, 4) is 0 Å². The smallest absolute Gasteiger partial charge is 0.310 e. The quantitative estimate of drug-likeness (QED) is 0.702. The lowest BCUT2D eigenvalue weighted by Crippen LogP contribution is -2.53. The normalized spacial score (nSPS) is 33.1. The second-order valence-corrected chi connectivity index (χ2v) is 5.28. The van der Waals surface area contributed by atoms with Gasteiger partial charge in [-0.15, -0.1) is 0 Å². The van der Waals surface area contributed by atoms with Crippen molar-refractivity contribution in [3.05, 3.63) is 0 Å². The van der Waals surface area contributed by atoms with Crippen LogP contribution in [-0.4, -0.2) is 36.9 Å². The van der Waals surface area contributed by atoms with Gasteiger partial charge >= 0.3 is 11.9 Å². The van der Waals surface area contributed by atoms with Crippen LogP contribution in [-0.2, 0) is 23.8 Å². The van der Waals surface area contributed by atoms with Crippen molar-refractivity contribution >= 4 is 11.9 Å². The largest absolute Gasteiger partial charge is 0.454 e. The van der Waals surface area contributed by atoms with Gasteiger partial charge in [0.05, 0.1) is 18.9 Å². The Morgan fingerprint density at radius 3 is 2.61 bits per heavy atom. The summed E-state index contributed by atoms with van der Waals surface area (Å²) in [6.45, 7) is 7.36. The fourth-order valence-electron chi connectivity index (χ4n) is 1.95. The highest BCUT2D eigenvalue weighted by atomic mass is 16.6. The van der Waals surface area contributed by atoms with E-state index < -0.39 is 11.2 Å². The minimum atomic E-state index is -0.972. The summed E-state index contributed by atoms with van der Waals surface area (Å²) < 4.78 is 15.9. The molecule has 0 aliphatic carbocycles. The van der Waals surface area contributed by atoms with Crippen LogP contribution in [0.4, 0.5) is 0 Å². The molecule has 18 heavy (non-hydrogen) atoms. The fraction of sp³-hybridized carbons (Fsp3) is 0.846. The fourth-order valence-corrected chi connectivity index (χ4v) is 1.95. The van der Waals surface area contributed by atoms with Gasteiger partial charge in [-0.25, -0.2) is 0 Å². The molecule has 1 fully saturated rings. The van der Waals surface area contributed by atoms with Gasteiger partial charge in [-0.05, 0) is 20.3 Å². The maximum atomic E-state index is 11.9. The Hall–Kier alpha value is -1.10. The van der Waals surface area contributed by atoms with Crippen LogP contribution >= 0.6 is 0 Å². The van der Waals surface area contributed by atoms with Gasteiger partial charge in [0.25, 0.3) is 0 Å². The minimum Gasteiger partial charge on any atom is -0.454 e. The molecule has 1 saturated heterocycles. The van der Waals surface area contributed by atoms with Gasteiger partial charge in [0.15, 0.2) is 11.2 Å². The number of carbonyl (C=O) groups excluding carboxylic acids is 2. The van der Waals surface area contributed by atoms with Gasteiger partial charge in [-0.1, -0.05) is 13.8 Å². The average molecular weight is 258 g/mol. The summed E-state index contributed by atoms with van der Waals surface area (Å²) in [7, 11) is 1.52. The van der Waals surface area contributed by atoms with Crippen molar-refractivity contribution < 1.29 is 23.8 Å². The summed E-state index contributed by atoms with van der Waals surface area (Å²) in [6.07, 6.45) is 0.764. The molecule has 0 spiro atoms. The number of cyclic esters (lactones) is 1. The van der Waals surface area contributed by atoms with Crippen LogP contribution in [0.5, 0.6) is 0 Å². The summed E-state index contributed by atoms with van der Waals surface area (Å²) in [5, 5.41) is 0. The van der Waals surface area contributed by atoms with E-state index in [0.717, 1.165) is 0 Å². The second-order valence-electron chi connectivity index (χ2n) is 5.28. The van der Waals surface area contributed by atoms with Crippen molar-refractivity contribution in [1.29, 1.82) is 0 Å². The molecule has 1 rings (SSSR count). The maximum Gasteiger partial charge on any atom is 0.310 e. The Morgan fingerprint density at radius 2 is 2.11 bits per heavy atom. The molecule has 5 nitrogen and oxygen atoms in total. The number of rotatable bonds is 5. The van der Waals surface area contributed by atoms with E-state index in [1.807, 2.05) is 6.92 Å². The molecule has 0 amide bonds. The van der Waals surface area contributed by atoms with Crippen molar-refractivity contribution in [3.63, 3.8) is 0 Å². The highest BCUT2D eigenvalue weighted by Crippen LogP contribution is 2.40. The molecule has 5 heteroatoms. The molecule has 0 aromatic heterocycles. The number of hydrogen-bond acceptors (Lipinski definition) is 5. The number of hydrogen-bond donors (Lipinski definition) is 0. The van der Waals surface area contributed by atoms with Crippen LogP contribution < -0.4 is 0 Å². The van der Waals surface area contributed by atoms with E-state index >= 15 is 0 Å². The van der Waals surface area contributed by atoms with Gasteiger partial charge in [0, 0.05) is 7.11 Å². The molecule has 0 saturated carbocycles. The number of ether oxygens (including phenoxy) is 3. The summed E-state index contributed by atoms with van der Waals surface area (Å²) >= 11 is 0. The lowest BCUT2D eigenvalue weighted by Gasteiger charge is -2.37. The number of methoxy groups -OCH3 is 1. The first-order valence-electron chi connectivity index (χ1n) is 6.21. The summed E-state index contributed by atoms with van der Waals surface area (Å²) in [5.74, 6) is -0.862. The van der Waals surface area contributed by atoms with Crippen molar-refractivity contribution in [2.24, 2.45) is 5.92 Å². The number of esters is 2. The molecule has 0 bridgehead atoms. The third-order valence-corrected chi connectivity index (χ3v) is 3.70. The Kier molecular flexibility index (Phi) is 4.37. The van der Waals surface area contributed by atoms with Gasteiger partial charge < -0.3 is 14.2 Å². The summed E-state index contributed by atoms with van der Waals surface area (Å²) in [5.41, 5.74) is -1.90. The predicted octanol–water partition coefficient (Wildman–Crippen LogP) is 1.69. The first-order chi connectivity index (χ1) is 8.28. The van der Waals surface area contributed by atoms with Crippen molar-refractivity contribution in [2.75, 3.05) is 13.7 Å². The third kappa shape index (κ3) is 2.66. The minimum absolute atomic E-state index is 0.0645. The van der Waals surface area contributed by atoms with Crippen LogP contribution in [0.1, 0.15) is 40.5 Å². The Bertz CT molecular complexity index is 340. The van der Waals surface area contributed by atoms with E-state index in [1.54, 1.807) is 20.8 Å². The predicted molar refractivity (Wildman–Crippen MR) is 64.9 cm³/mol. The Morgan fingerprint density at radius 1 is 1.50 bits per heavy atom. The molecule has 3 atom stereocenters. The third-order valence-electron chi connectivity index (χ3n) is 3.70. The van der Waals surface area contributed by atoms with Crippen LogP contribution in [0.3, 0.4) is 0 Å². The summed E-state index contributed by atoms with van der Waals surface area (Å²) in [6, 6.07) is 0. The molecule has 0 radical (unpaired) electrons. The molecule has 0 aromatic rings. The van der Waals surface area contributed by atoms with Crippen molar-refractivity contribution in [2.45, 2.75) is 51.7 Å². The Balaban J connectivity index is 2.88. The van der Waals surface area contributed by atoms with E-state index in [-0.39, 0.29) is 30.9 Å². The van der Waals surface area contributed by atoms with E-state index in [4.69, 9.17) is 14.2 Å². The molecule has 0 N–H and O–H groups in total. The van der Waals surface area contributed by atoms with E-state index in [9.17, 15) is 9.59 Å². The van der Waals surface area contributed by atoms with Crippen LogP contribution in [0, 0.1) is 5.92 Å². The Labute approximate surface area is 108 Å². The lowest BCUT2D eigenvalue weighted by molar-refractivity contribution is -0.189. The molecular weight excluding hydrogens is 236 g/mol. The zero-order valence-electron chi connectivity index (χ0n) is 11.7. The highest BCUT2D eigenvalue weighted by Gasteiger charge is 2.58. The SMILES string of the molecule is CCC(C)C(=O)OC1(C)CC(=O)OC1(C)COC. The zero-order chi connectivity index (χ0) is 14.0. The monoisotopic (exact) mass is 258 g/mol. The second kappa shape index (κ2) is 5.26. The van der Waals surface area contributed by atoms with Gasteiger partial charge in [0.2, 0.25) is 0 Å². The number of carbonyl (C=O) groups is 2. The first kappa shape index (κ1) is 15.0. The van der Waals surface area contributed by atoms with Gasteiger partial charge in [-0.2, -0.15) is 0 Å². The zero-order valence-corrected chi connectivity index (χ0v) is 11.7. The topological polar surface area (TPSA) is 61.8 Å². The summed E-state index contributed by atoms with van der Waals surface area (Å²) in [4.78, 5) is 23.4. The van der Waals surface area contributed by atoms with Crippen LogP contribution in [0.2, 0.25) is 0 Å². The average Bonchev–Trinajstić information content (AvgIpc) is 2.47. The molecule has 1 aliphatic heterocycles. The highest BCUT2D eigenvalue weighted by molar-refractivity contribution is 5.77. The molecule has 0 aromatic carbocycles. The van der Waals surface area contributed by atoms with Gasteiger partial charge in [-0.3, -0.25) is 9.59 Å². The van der Waals surface area contributed by atoms with Gasteiger partial charge in [0.1, 0.15) is 0 Å². The first-order valence-corrected chi connectivity index (χ1v) is 6.21. The van der Waals surface area contributed by atoms with Crippen LogP contribution in [0.15, 0.2) is 0 Å². The maximum absolute atomic E-state index is 11.9. The molecule has 1 heterocycles. The van der Waals surface area contributed by atoms with E-state index in [2.05, 4.69) is 0 Å². The van der Waals surface area contributed by atoms with E-state index in [0.29, 0.717) is 6.42 Å².